The average molecular weight is 710 g/mol. The molecule has 1 saturated heterocycles. The van der Waals surface area contributed by atoms with Gasteiger partial charge in [-0.05, 0) is 62.1 Å². The highest BCUT2D eigenvalue weighted by atomic mass is 79.9. The first kappa shape index (κ1) is 31.8. The molecule has 0 spiro atoms. The molecular weight excluding hydrogens is 688 g/mol. The Labute approximate surface area is 265 Å². The highest BCUT2D eigenvalue weighted by Crippen LogP contribution is 2.57. The number of hydrogen-bond acceptors (Lipinski definition) is 6. The van der Waals surface area contributed by atoms with Crippen LogP contribution in [0.15, 0.2) is 69.2 Å². The van der Waals surface area contributed by atoms with Gasteiger partial charge in [0.1, 0.15) is 0 Å². The number of aromatic hydroxyl groups is 1. The summed E-state index contributed by atoms with van der Waals surface area (Å²) in [6.07, 6.45) is -7.98. The third kappa shape index (κ3) is 4.88. The predicted octanol–water partition coefficient (Wildman–Crippen LogP) is 6.84. The van der Waals surface area contributed by atoms with Crippen LogP contribution in [0.2, 0.25) is 0 Å². The summed E-state index contributed by atoms with van der Waals surface area (Å²) in [5, 5.41) is 11.2. The van der Waals surface area contributed by atoms with Gasteiger partial charge in [-0.2, -0.15) is 26.3 Å². The van der Waals surface area contributed by atoms with Gasteiger partial charge in [0.2, 0.25) is 11.8 Å². The number of rotatable bonds is 3. The van der Waals surface area contributed by atoms with Crippen LogP contribution in [0.25, 0.3) is 0 Å². The summed E-state index contributed by atoms with van der Waals surface area (Å²) >= 11 is 3.35. The fourth-order valence-electron chi connectivity index (χ4n) is 7.03. The van der Waals surface area contributed by atoms with Gasteiger partial charge in [0.05, 0.1) is 35.8 Å². The van der Waals surface area contributed by atoms with Crippen molar-refractivity contribution in [2.45, 2.75) is 38.0 Å². The van der Waals surface area contributed by atoms with Gasteiger partial charge in [-0.25, -0.2) is 4.90 Å². The summed E-state index contributed by atoms with van der Waals surface area (Å²) in [5.41, 5.74) is -3.45. The third-order valence-corrected chi connectivity index (χ3v) is 9.45. The molecule has 4 atom stereocenters. The lowest BCUT2D eigenvalue weighted by molar-refractivity contribution is -0.143. The first-order chi connectivity index (χ1) is 21.4. The number of phenolic OH excluding ortho intramolecular Hbond substituents is 1. The van der Waals surface area contributed by atoms with Crippen LogP contribution in [0.4, 0.5) is 32.0 Å². The number of imide groups is 1. The Hall–Kier alpha value is -4.20. The molecule has 1 N–H and O–H groups in total. The van der Waals surface area contributed by atoms with Gasteiger partial charge in [0, 0.05) is 32.7 Å². The average Bonchev–Trinajstić information content (AvgIpc) is 3.24. The van der Waals surface area contributed by atoms with Crippen molar-refractivity contribution in [1.82, 2.24) is 0 Å². The van der Waals surface area contributed by atoms with Gasteiger partial charge in [-0.1, -0.05) is 27.6 Å². The number of ether oxygens (including phenoxy) is 1. The smallest absolute Gasteiger partial charge is 0.416 e. The number of methoxy groups -OCH3 is 1. The predicted molar refractivity (Wildman–Crippen MR) is 153 cm³/mol. The second-order valence-electron chi connectivity index (χ2n) is 11.6. The molecule has 2 amide bonds. The first-order valence-corrected chi connectivity index (χ1v) is 14.7. The van der Waals surface area contributed by atoms with Gasteiger partial charge < -0.3 is 9.84 Å². The summed E-state index contributed by atoms with van der Waals surface area (Å²) < 4.78 is 87.6. The number of benzene rings is 2. The molecule has 4 unspecified atom stereocenters. The summed E-state index contributed by atoms with van der Waals surface area (Å²) in [6, 6.07) is 3.54. The molecule has 0 radical (unpaired) electrons. The molecule has 2 aromatic carbocycles. The fourth-order valence-corrected chi connectivity index (χ4v) is 7.48. The molecular formula is C32H22BrF6NO6. The second-order valence-corrected chi connectivity index (χ2v) is 12.5. The largest absolute Gasteiger partial charge is 0.504 e. The molecule has 0 aromatic heterocycles. The minimum Gasteiger partial charge on any atom is -0.504 e. The van der Waals surface area contributed by atoms with Crippen LogP contribution in [-0.4, -0.2) is 35.6 Å². The van der Waals surface area contributed by atoms with Gasteiger partial charge >= 0.3 is 12.4 Å². The molecule has 1 heterocycles. The third-order valence-electron chi connectivity index (χ3n) is 8.99. The lowest BCUT2D eigenvalue weighted by Gasteiger charge is -2.42. The molecule has 4 aliphatic rings. The van der Waals surface area contributed by atoms with E-state index >= 15 is 0 Å². The number of fused-ring (bicyclic) bond motifs is 3. The molecule has 3 aliphatic carbocycles. The summed E-state index contributed by atoms with van der Waals surface area (Å²) in [6.45, 7) is 1.44. The molecule has 1 fully saturated rings. The molecule has 0 saturated carbocycles. The van der Waals surface area contributed by atoms with E-state index < -0.39 is 76.2 Å². The SMILES string of the molecule is COc1cc(Br)cc(C2C3=CCC4C(=O)N(c5cc(C(F)(F)F)cc(C(F)(F)F)c5)C(=O)C4C3CC3=C2C(=O)C=C(C)C3=O)c1O. The van der Waals surface area contributed by atoms with Gasteiger partial charge in [-0.15, -0.1) is 0 Å². The number of amides is 2. The van der Waals surface area contributed by atoms with Crippen LogP contribution in [-0.2, 0) is 31.5 Å². The number of ketones is 2. The quantitative estimate of drug-likeness (QED) is 0.162. The number of phenols is 1. The van der Waals surface area contributed by atoms with E-state index in [-0.39, 0.29) is 52.7 Å². The highest BCUT2D eigenvalue weighted by molar-refractivity contribution is 9.10. The van der Waals surface area contributed by atoms with Gasteiger partial charge in [-0.3, -0.25) is 19.2 Å². The number of hydrogen-bond donors (Lipinski definition) is 1. The van der Waals surface area contributed by atoms with E-state index in [9.17, 15) is 50.6 Å². The number of carbonyl (C=O) groups excluding carboxylic acids is 4. The van der Waals surface area contributed by atoms with E-state index in [1.54, 1.807) is 6.08 Å². The molecule has 7 nitrogen and oxygen atoms in total. The fraction of sp³-hybridized carbons (Fsp3) is 0.312. The Morgan fingerprint density at radius 1 is 0.913 bits per heavy atom. The molecule has 2 aromatic rings. The van der Waals surface area contributed by atoms with Crippen LogP contribution >= 0.6 is 15.9 Å². The van der Waals surface area contributed by atoms with E-state index in [1.165, 1.54) is 32.2 Å². The van der Waals surface area contributed by atoms with Crippen LogP contribution in [0, 0.1) is 17.8 Å². The topological polar surface area (TPSA) is 101 Å². The number of nitrogens with zero attached hydrogens (tertiary/aromatic N) is 1. The van der Waals surface area contributed by atoms with Crippen LogP contribution < -0.4 is 9.64 Å². The summed E-state index contributed by atoms with van der Waals surface area (Å²) in [5.74, 6) is -7.80. The zero-order chi connectivity index (χ0) is 33.6. The van der Waals surface area contributed by atoms with E-state index in [0.717, 1.165) is 0 Å². The van der Waals surface area contributed by atoms with E-state index in [4.69, 9.17) is 4.74 Å². The number of alkyl halides is 6. The van der Waals surface area contributed by atoms with Crippen molar-refractivity contribution in [1.29, 1.82) is 0 Å². The van der Waals surface area contributed by atoms with Crippen molar-refractivity contribution in [3.8, 4) is 11.5 Å². The van der Waals surface area contributed by atoms with Crippen molar-refractivity contribution in [3.63, 3.8) is 0 Å². The Morgan fingerprint density at radius 3 is 2.13 bits per heavy atom. The molecule has 0 bridgehead atoms. The Morgan fingerprint density at radius 2 is 1.54 bits per heavy atom. The molecule has 6 rings (SSSR count). The lowest BCUT2D eigenvalue weighted by atomic mass is 9.59. The molecule has 1 aliphatic heterocycles. The molecule has 14 heteroatoms. The van der Waals surface area contributed by atoms with E-state index in [2.05, 4.69) is 15.9 Å². The Kier molecular flexibility index (Phi) is 7.37. The minimum absolute atomic E-state index is 0.0348. The van der Waals surface area contributed by atoms with Crippen molar-refractivity contribution >= 4 is 45.0 Å². The monoisotopic (exact) mass is 709 g/mol. The summed E-state index contributed by atoms with van der Waals surface area (Å²) in [7, 11) is 1.31. The highest BCUT2D eigenvalue weighted by Gasteiger charge is 2.57. The first-order valence-electron chi connectivity index (χ1n) is 13.9. The van der Waals surface area contributed by atoms with Crippen molar-refractivity contribution in [2.24, 2.45) is 17.8 Å². The zero-order valence-electron chi connectivity index (χ0n) is 23.8. The Bertz CT molecular complexity index is 1820. The maximum atomic E-state index is 14.0. The van der Waals surface area contributed by atoms with Crippen molar-refractivity contribution < 1.29 is 55.4 Å². The van der Waals surface area contributed by atoms with Gasteiger partial charge in [0.25, 0.3) is 0 Å². The number of allylic oxidation sites excluding steroid dienone is 6. The number of Topliss-reactive ketones (excluding diaryl/α,β-unsaturated/α-hetero) is 1. The summed E-state index contributed by atoms with van der Waals surface area (Å²) in [4.78, 5) is 54.9. The minimum atomic E-state index is -5.21. The van der Waals surface area contributed by atoms with Crippen molar-refractivity contribution in [2.75, 3.05) is 12.0 Å². The maximum absolute atomic E-state index is 14.0. The number of carbonyl (C=O) groups is 4. The van der Waals surface area contributed by atoms with E-state index in [0.29, 0.717) is 27.1 Å². The lowest BCUT2D eigenvalue weighted by Crippen LogP contribution is -2.39. The normalized spacial score (nSPS) is 24.8. The zero-order valence-corrected chi connectivity index (χ0v) is 25.4. The van der Waals surface area contributed by atoms with Crippen molar-refractivity contribution in [3.05, 3.63) is 85.9 Å². The number of anilines is 1. The maximum Gasteiger partial charge on any atom is 0.416 e. The standard InChI is InChI=1S/C32H22BrF6NO6/c1-12-5-22(41)26-21(27(12)42)11-19-17(24(26)20-9-15(33)10-23(46-2)28(20)43)3-4-18-25(19)30(45)40(29(18)44)16-7-13(31(34,35)36)6-14(8-16)32(37,38)39/h3,5-10,18-19,24-25,43H,4,11H2,1-2H3. The molecule has 46 heavy (non-hydrogen) atoms. The van der Waals surface area contributed by atoms with E-state index in [1.807, 2.05) is 0 Å². The van der Waals surface area contributed by atoms with Crippen LogP contribution in [0.5, 0.6) is 11.5 Å². The Balaban J connectivity index is 1.51. The van der Waals surface area contributed by atoms with Crippen LogP contribution in [0.1, 0.15) is 42.4 Å². The second kappa shape index (κ2) is 10.7. The van der Waals surface area contributed by atoms with Gasteiger partial charge in [0.15, 0.2) is 23.1 Å². The molecule has 240 valence electrons. The number of halogens is 7. The van der Waals surface area contributed by atoms with Crippen LogP contribution in [0.3, 0.4) is 0 Å².